The topological polar surface area (TPSA) is 55.6 Å². The average molecular weight is 300 g/mol. The number of aromatic nitrogens is 1. The minimum Gasteiger partial charge on any atom is -0.456 e. The molecule has 0 unspecified atom stereocenters. The highest BCUT2D eigenvalue weighted by atomic mass is 16.5. The van der Waals surface area contributed by atoms with Crippen molar-refractivity contribution in [2.45, 2.75) is 32.4 Å². The van der Waals surface area contributed by atoms with Crippen molar-refractivity contribution < 1.29 is 13.9 Å². The van der Waals surface area contributed by atoms with Gasteiger partial charge >= 0.3 is 5.97 Å². The van der Waals surface area contributed by atoms with Gasteiger partial charge in [-0.25, -0.2) is 9.78 Å². The molecule has 1 aromatic carbocycles. The zero-order valence-corrected chi connectivity index (χ0v) is 12.7. The van der Waals surface area contributed by atoms with E-state index in [-0.39, 0.29) is 11.8 Å². The number of benzene rings is 1. The average Bonchev–Trinajstić information content (AvgIpc) is 2.95. The Morgan fingerprint density at radius 2 is 2.23 bits per heavy atom. The van der Waals surface area contributed by atoms with Gasteiger partial charge in [-0.05, 0) is 31.9 Å². The predicted octanol–water partition coefficient (Wildman–Crippen LogP) is 2.80. The summed E-state index contributed by atoms with van der Waals surface area (Å²) in [6, 6.07) is 10.3. The van der Waals surface area contributed by atoms with Crippen LogP contribution in [-0.4, -0.2) is 35.0 Å². The smallest absolute Gasteiger partial charge is 0.360 e. The van der Waals surface area contributed by atoms with Gasteiger partial charge in [0.15, 0.2) is 12.1 Å². The molecule has 0 bridgehead atoms. The van der Waals surface area contributed by atoms with E-state index in [1.165, 1.54) is 12.0 Å². The fraction of sp³-hybridized carbons (Fsp3) is 0.412. The third kappa shape index (κ3) is 3.54. The first-order valence-corrected chi connectivity index (χ1v) is 7.59. The van der Waals surface area contributed by atoms with Crippen LogP contribution in [0.1, 0.15) is 34.7 Å². The number of oxazole rings is 1. The molecule has 2 heterocycles. The normalized spacial score (nSPS) is 19.0. The third-order valence-corrected chi connectivity index (χ3v) is 3.92. The molecule has 1 aromatic heterocycles. The molecule has 22 heavy (non-hydrogen) atoms. The molecular weight excluding hydrogens is 280 g/mol. The lowest BCUT2D eigenvalue weighted by Gasteiger charge is -2.32. The van der Waals surface area contributed by atoms with Crippen LogP contribution in [-0.2, 0) is 11.3 Å². The molecule has 0 saturated carbocycles. The fourth-order valence-corrected chi connectivity index (χ4v) is 2.80. The predicted molar refractivity (Wildman–Crippen MR) is 81.4 cm³/mol. The lowest BCUT2D eigenvalue weighted by atomic mass is 10.1. The van der Waals surface area contributed by atoms with Crippen molar-refractivity contribution in [3.05, 3.63) is 53.7 Å². The van der Waals surface area contributed by atoms with Crippen LogP contribution in [0.5, 0.6) is 0 Å². The van der Waals surface area contributed by atoms with Crippen molar-refractivity contribution in [2.24, 2.45) is 0 Å². The molecule has 116 valence electrons. The summed E-state index contributed by atoms with van der Waals surface area (Å²) in [4.78, 5) is 18.3. The van der Waals surface area contributed by atoms with Crippen molar-refractivity contribution in [2.75, 3.05) is 13.1 Å². The zero-order valence-electron chi connectivity index (χ0n) is 12.7. The molecule has 5 heteroatoms. The van der Waals surface area contributed by atoms with Gasteiger partial charge in [-0.15, -0.1) is 0 Å². The van der Waals surface area contributed by atoms with Crippen LogP contribution in [0.25, 0.3) is 0 Å². The number of hydrogen-bond acceptors (Lipinski definition) is 5. The van der Waals surface area contributed by atoms with E-state index in [1.54, 1.807) is 6.92 Å². The van der Waals surface area contributed by atoms with Crippen LogP contribution in [0, 0.1) is 6.92 Å². The SMILES string of the molecule is Cc1ocnc1C(=O)O[C@H]1CCCN(Cc2ccccc2)C1. The number of likely N-dealkylation sites (tertiary alicyclic amines) is 1. The maximum absolute atomic E-state index is 12.1. The molecule has 5 nitrogen and oxygen atoms in total. The summed E-state index contributed by atoms with van der Waals surface area (Å²) in [5, 5.41) is 0. The molecule has 2 aromatic rings. The van der Waals surface area contributed by atoms with Gasteiger partial charge in [0.25, 0.3) is 0 Å². The maximum Gasteiger partial charge on any atom is 0.360 e. The highest BCUT2D eigenvalue weighted by Crippen LogP contribution is 2.18. The quantitative estimate of drug-likeness (QED) is 0.813. The van der Waals surface area contributed by atoms with E-state index in [1.807, 2.05) is 18.2 Å². The molecule has 1 aliphatic rings. The van der Waals surface area contributed by atoms with Gasteiger partial charge in [-0.1, -0.05) is 30.3 Å². The van der Waals surface area contributed by atoms with E-state index in [0.717, 1.165) is 32.5 Å². The minimum atomic E-state index is -0.391. The standard InChI is InChI=1S/C17H20N2O3/c1-13-16(18-12-21-13)17(20)22-15-8-5-9-19(11-15)10-14-6-3-2-4-7-14/h2-4,6-7,12,15H,5,8-11H2,1H3/t15-/m0/s1. The lowest BCUT2D eigenvalue weighted by molar-refractivity contribution is 0.00494. The largest absolute Gasteiger partial charge is 0.456 e. The minimum absolute atomic E-state index is 0.0823. The van der Waals surface area contributed by atoms with E-state index in [9.17, 15) is 4.79 Å². The summed E-state index contributed by atoms with van der Waals surface area (Å²) >= 11 is 0. The third-order valence-electron chi connectivity index (χ3n) is 3.92. The van der Waals surface area contributed by atoms with Crippen LogP contribution >= 0.6 is 0 Å². The van der Waals surface area contributed by atoms with Crippen LogP contribution in [0.2, 0.25) is 0 Å². The van der Waals surface area contributed by atoms with Gasteiger partial charge in [0.05, 0.1) is 0 Å². The first-order valence-electron chi connectivity index (χ1n) is 7.59. The summed E-state index contributed by atoms with van der Waals surface area (Å²) in [5.41, 5.74) is 1.56. The monoisotopic (exact) mass is 300 g/mol. The second-order valence-corrected chi connectivity index (χ2v) is 5.65. The Balaban J connectivity index is 1.57. The Kier molecular flexibility index (Phi) is 4.53. The first-order chi connectivity index (χ1) is 10.7. The molecule has 3 rings (SSSR count). The molecule has 0 amide bonds. The Labute approximate surface area is 129 Å². The number of hydrogen-bond donors (Lipinski definition) is 0. The van der Waals surface area contributed by atoms with E-state index < -0.39 is 5.97 Å². The molecule has 1 atom stereocenters. The molecule has 1 saturated heterocycles. The maximum atomic E-state index is 12.1. The lowest BCUT2D eigenvalue weighted by Crippen LogP contribution is -2.40. The van der Waals surface area contributed by atoms with Crippen molar-refractivity contribution in [3.63, 3.8) is 0 Å². The van der Waals surface area contributed by atoms with Crippen LogP contribution in [0.3, 0.4) is 0 Å². The Morgan fingerprint density at radius 1 is 1.41 bits per heavy atom. The van der Waals surface area contributed by atoms with Gasteiger partial charge in [-0.2, -0.15) is 0 Å². The number of ether oxygens (including phenoxy) is 1. The molecule has 1 aliphatic heterocycles. The number of nitrogens with zero attached hydrogens (tertiary/aromatic N) is 2. The van der Waals surface area contributed by atoms with E-state index >= 15 is 0 Å². The molecule has 0 aliphatic carbocycles. The second-order valence-electron chi connectivity index (χ2n) is 5.65. The second kappa shape index (κ2) is 6.75. The van der Waals surface area contributed by atoms with Crippen LogP contribution in [0.15, 0.2) is 41.1 Å². The highest BCUT2D eigenvalue weighted by molar-refractivity contribution is 5.88. The number of esters is 1. The molecule has 0 N–H and O–H groups in total. The van der Waals surface area contributed by atoms with Crippen LogP contribution < -0.4 is 0 Å². The molecular formula is C17H20N2O3. The number of carbonyl (C=O) groups excluding carboxylic acids is 1. The van der Waals surface area contributed by atoms with Crippen molar-refractivity contribution >= 4 is 5.97 Å². The van der Waals surface area contributed by atoms with Gasteiger partial charge in [0.1, 0.15) is 11.9 Å². The Hall–Kier alpha value is -2.14. The fourth-order valence-electron chi connectivity index (χ4n) is 2.80. The van der Waals surface area contributed by atoms with Crippen molar-refractivity contribution in [1.82, 2.24) is 9.88 Å². The zero-order chi connectivity index (χ0) is 15.4. The highest BCUT2D eigenvalue weighted by Gasteiger charge is 2.25. The summed E-state index contributed by atoms with van der Waals surface area (Å²) in [6.07, 6.45) is 3.12. The van der Waals surface area contributed by atoms with E-state index in [0.29, 0.717) is 5.76 Å². The molecule has 0 radical (unpaired) electrons. The number of rotatable bonds is 4. The molecule has 1 fully saturated rings. The first kappa shape index (κ1) is 14.8. The van der Waals surface area contributed by atoms with Gasteiger partial charge in [0.2, 0.25) is 0 Å². The summed E-state index contributed by atoms with van der Waals surface area (Å²) in [7, 11) is 0. The summed E-state index contributed by atoms with van der Waals surface area (Å²) in [5.74, 6) is 0.111. The van der Waals surface area contributed by atoms with Crippen LogP contribution in [0.4, 0.5) is 0 Å². The number of piperidine rings is 1. The van der Waals surface area contributed by atoms with Crippen molar-refractivity contribution in [1.29, 1.82) is 0 Å². The summed E-state index contributed by atoms with van der Waals surface area (Å²) < 4.78 is 10.6. The Bertz CT molecular complexity index is 624. The van der Waals surface area contributed by atoms with Gasteiger partial charge < -0.3 is 9.15 Å². The Morgan fingerprint density at radius 3 is 2.95 bits per heavy atom. The summed E-state index contributed by atoms with van der Waals surface area (Å²) in [6.45, 7) is 4.40. The van der Waals surface area contributed by atoms with Gasteiger partial charge in [0, 0.05) is 13.1 Å². The molecule has 0 spiro atoms. The number of aryl methyl sites for hydroxylation is 1. The van der Waals surface area contributed by atoms with Gasteiger partial charge in [-0.3, -0.25) is 4.90 Å². The van der Waals surface area contributed by atoms with Crippen molar-refractivity contribution in [3.8, 4) is 0 Å². The van der Waals surface area contributed by atoms with E-state index in [4.69, 9.17) is 9.15 Å². The number of carbonyl (C=O) groups is 1. The van der Waals surface area contributed by atoms with E-state index in [2.05, 4.69) is 22.0 Å².